The van der Waals surface area contributed by atoms with Crippen LogP contribution in [0.2, 0.25) is 0 Å². The predicted molar refractivity (Wildman–Crippen MR) is 85.8 cm³/mol. The summed E-state index contributed by atoms with van der Waals surface area (Å²) in [6.45, 7) is 0.267. The lowest BCUT2D eigenvalue weighted by Gasteiger charge is -2.22. The standard InChI is InChI=1S/C15H18N4O2S/c20-13(16-10-15(21)8-4-5-9-15)17-14-19-18-12(22-14)11-6-2-1-3-7-11/h1-3,6-7,21H,4-5,8-10H2,(H2,16,17,19,20). The Balaban J connectivity index is 1.55. The normalized spacial score (nSPS) is 16.4. The summed E-state index contributed by atoms with van der Waals surface area (Å²) in [5.41, 5.74) is 0.210. The van der Waals surface area contributed by atoms with Crippen molar-refractivity contribution in [1.82, 2.24) is 15.5 Å². The van der Waals surface area contributed by atoms with Crippen LogP contribution in [0.3, 0.4) is 0 Å². The van der Waals surface area contributed by atoms with Gasteiger partial charge in [-0.15, -0.1) is 10.2 Å². The molecule has 22 heavy (non-hydrogen) atoms. The van der Waals surface area contributed by atoms with Gasteiger partial charge in [0, 0.05) is 12.1 Å². The lowest BCUT2D eigenvalue weighted by atomic mass is 10.0. The molecule has 1 aromatic heterocycles. The van der Waals surface area contributed by atoms with E-state index >= 15 is 0 Å². The predicted octanol–water partition coefficient (Wildman–Crippen LogP) is 2.63. The van der Waals surface area contributed by atoms with Gasteiger partial charge in [-0.1, -0.05) is 54.5 Å². The average Bonchev–Trinajstić information content (AvgIpc) is 3.16. The Labute approximate surface area is 132 Å². The molecular formula is C15H18N4O2S. The van der Waals surface area contributed by atoms with Crippen molar-refractivity contribution in [2.75, 3.05) is 11.9 Å². The molecule has 7 heteroatoms. The molecule has 1 fully saturated rings. The first kappa shape index (κ1) is 14.9. The molecule has 3 rings (SSSR count). The third kappa shape index (κ3) is 3.61. The summed E-state index contributed by atoms with van der Waals surface area (Å²) in [4.78, 5) is 11.9. The zero-order chi connectivity index (χ0) is 15.4. The molecular weight excluding hydrogens is 300 g/mol. The van der Waals surface area contributed by atoms with Crippen molar-refractivity contribution in [2.24, 2.45) is 0 Å². The zero-order valence-corrected chi connectivity index (χ0v) is 12.9. The van der Waals surface area contributed by atoms with E-state index in [2.05, 4.69) is 20.8 Å². The van der Waals surface area contributed by atoms with Gasteiger partial charge in [-0.3, -0.25) is 5.32 Å². The van der Waals surface area contributed by atoms with Gasteiger partial charge in [-0.25, -0.2) is 4.79 Å². The fraction of sp³-hybridized carbons (Fsp3) is 0.400. The van der Waals surface area contributed by atoms with E-state index in [1.165, 1.54) is 11.3 Å². The van der Waals surface area contributed by atoms with Crippen LogP contribution in [0, 0.1) is 0 Å². The molecule has 2 amide bonds. The average molecular weight is 318 g/mol. The van der Waals surface area contributed by atoms with E-state index in [0.717, 1.165) is 36.3 Å². The van der Waals surface area contributed by atoms with Crippen molar-refractivity contribution in [3.05, 3.63) is 30.3 Å². The van der Waals surface area contributed by atoms with Crippen LogP contribution in [0.1, 0.15) is 25.7 Å². The van der Waals surface area contributed by atoms with Gasteiger partial charge in [0.25, 0.3) is 0 Å². The lowest BCUT2D eigenvalue weighted by Crippen LogP contribution is -2.42. The van der Waals surface area contributed by atoms with Gasteiger partial charge in [0.15, 0.2) is 0 Å². The van der Waals surface area contributed by atoms with E-state index in [-0.39, 0.29) is 12.6 Å². The van der Waals surface area contributed by atoms with E-state index in [0.29, 0.717) is 5.13 Å². The molecule has 0 spiro atoms. The highest BCUT2D eigenvalue weighted by atomic mass is 32.1. The molecule has 1 aliphatic rings. The van der Waals surface area contributed by atoms with Gasteiger partial charge in [0.05, 0.1) is 5.60 Å². The molecule has 1 saturated carbocycles. The molecule has 116 valence electrons. The van der Waals surface area contributed by atoms with Gasteiger partial charge in [0.2, 0.25) is 5.13 Å². The summed E-state index contributed by atoms with van der Waals surface area (Å²) >= 11 is 1.31. The van der Waals surface area contributed by atoms with E-state index in [9.17, 15) is 9.90 Å². The summed E-state index contributed by atoms with van der Waals surface area (Å²) in [5, 5.41) is 24.8. The van der Waals surface area contributed by atoms with Crippen molar-refractivity contribution in [1.29, 1.82) is 0 Å². The van der Waals surface area contributed by atoms with E-state index in [1.807, 2.05) is 30.3 Å². The quantitative estimate of drug-likeness (QED) is 0.809. The topological polar surface area (TPSA) is 87.1 Å². The molecule has 1 aliphatic carbocycles. The number of anilines is 1. The number of benzene rings is 1. The van der Waals surface area contributed by atoms with Crippen LogP contribution in [0.4, 0.5) is 9.93 Å². The van der Waals surface area contributed by atoms with E-state index in [4.69, 9.17) is 0 Å². The zero-order valence-electron chi connectivity index (χ0n) is 12.1. The molecule has 0 radical (unpaired) electrons. The van der Waals surface area contributed by atoms with Crippen molar-refractivity contribution in [3.63, 3.8) is 0 Å². The van der Waals surface area contributed by atoms with Crippen molar-refractivity contribution in [3.8, 4) is 10.6 Å². The van der Waals surface area contributed by atoms with Crippen LogP contribution in [-0.2, 0) is 0 Å². The molecule has 0 saturated heterocycles. The van der Waals surface area contributed by atoms with Crippen LogP contribution in [0.5, 0.6) is 0 Å². The summed E-state index contributed by atoms with van der Waals surface area (Å²) in [5.74, 6) is 0. The molecule has 0 atom stereocenters. The minimum atomic E-state index is -0.756. The van der Waals surface area contributed by atoms with Crippen molar-refractivity contribution in [2.45, 2.75) is 31.3 Å². The van der Waals surface area contributed by atoms with Gasteiger partial charge >= 0.3 is 6.03 Å². The minimum Gasteiger partial charge on any atom is -0.388 e. The number of rotatable bonds is 4. The molecule has 3 N–H and O–H groups in total. The van der Waals surface area contributed by atoms with Crippen LogP contribution >= 0.6 is 11.3 Å². The number of carbonyl (C=O) groups excluding carboxylic acids is 1. The van der Waals surface area contributed by atoms with Gasteiger partial charge in [-0.2, -0.15) is 0 Å². The minimum absolute atomic E-state index is 0.267. The van der Waals surface area contributed by atoms with Crippen molar-refractivity contribution >= 4 is 22.5 Å². The molecule has 1 heterocycles. The number of nitrogens with zero attached hydrogens (tertiary/aromatic N) is 2. The Morgan fingerprint density at radius 3 is 2.68 bits per heavy atom. The third-order valence-electron chi connectivity index (χ3n) is 3.78. The van der Waals surface area contributed by atoms with Crippen LogP contribution in [0.25, 0.3) is 10.6 Å². The monoisotopic (exact) mass is 318 g/mol. The summed E-state index contributed by atoms with van der Waals surface area (Å²) in [6.07, 6.45) is 3.50. The molecule has 1 aromatic carbocycles. The second kappa shape index (κ2) is 6.41. The summed E-state index contributed by atoms with van der Waals surface area (Å²) in [7, 11) is 0. The number of amides is 2. The van der Waals surface area contributed by atoms with Crippen LogP contribution < -0.4 is 10.6 Å². The largest absolute Gasteiger partial charge is 0.388 e. The fourth-order valence-electron chi connectivity index (χ4n) is 2.57. The molecule has 0 aliphatic heterocycles. The van der Waals surface area contributed by atoms with Crippen LogP contribution in [-0.4, -0.2) is 33.5 Å². The molecule has 2 aromatic rings. The highest BCUT2D eigenvalue weighted by molar-refractivity contribution is 7.18. The van der Waals surface area contributed by atoms with Crippen molar-refractivity contribution < 1.29 is 9.90 Å². The Morgan fingerprint density at radius 1 is 1.23 bits per heavy atom. The maximum absolute atomic E-state index is 11.9. The fourth-order valence-corrected chi connectivity index (χ4v) is 3.31. The van der Waals surface area contributed by atoms with Gasteiger partial charge < -0.3 is 10.4 Å². The second-order valence-corrected chi connectivity index (χ2v) is 6.50. The van der Waals surface area contributed by atoms with E-state index < -0.39 is 5.60 Å². The Kier molecular flexibility index (Phi) is 4.35. The number of aliphatic hydroxyl groups is 1. The van der Waals surface area contributed by atoms with Gasteiger partial charge in [0.1, 0.15) is 5.01 Å². The number of hydrogen-bond acceptors (Lipinski definition) is 5. The first-order valence-electron chi connectivity index (χ1n) is 7.31. The SMILES string of the molecule is O=C(NCC1(O)CCCC1)Nc1nnc(-c2ccccc2)s1. The second-order valence-electron chi connectivity index (χ2n) is 5.52. The molecule has 0 unspecified atom stereocenters. The van der Waals surface area contributed by atoms with E-state index in [1.54, 1.807) is 0 Å². The summed E-state index contributed by atoms with van der Waals surface area (Å²) < 4.78 is 0. The Hall–Kier alpha value is -1.99. The number of aromatic nitrogens is 2. The highest BCUT2D eigenvalue weighted by Gasteiger charge is 2.31. The first-order chi connectivity index (χ1) is 10.6. The smallest absolute Gasteiger partial charge is 0.321 e. The molecule has 6 nitrogen and oxygen atoms in total. The van der Waals surface area contributed by atoms with Gasteiger partial charge in [-0.05, 0) is 12.8 Å². The lowest BCUT2D eigenvalue weighted by molar-refractivity contribution is 0.0506. The van der Waals surface area contributed by atoms with Crippen LogP contribution in [0.15, 0.2) is 30.3 Å². The number of nitrogens with one attached hydrogen (secondary N) is 2. The maximum atomic E-state index is 11.9. The number of hydrogen-bond donors (Lipinski definition) is 3. The molecule has 0 bridgehead atoms. The highest BCUT2D eigenvalue weighted by Crippen LogP contribution is 2.29. The Bertz CT molecular complexity index is 638. The Morgan fingerprint density at radius 2 is 1.95 bits per heavy atom. The summed E-state index contributed by atoms with van der Waals surface area (Å²) in [6, 6.07) is 9.32. The maximum Gasteiger partial charge on any atom is 0.321 e. The number of carbonyl (C=O) groups is 1. The number of urea groups is 1. The third-order valence-corrected chi connectivity index (χ3v) is 4.67. The first-order valence-corrected chi connectivity index (χ1v) is 8.12.